The fourth-order valence-electron chi connectivity index (χ4n) is 2.43. The number of sulfonamides is 1. The van der Waals surface area contributed by atoms with Crippen molar-refractivity contribution in [3.63, 3.8) is 0 Å². The van der Waals surface area contributed by atoms with Gasteiger partial charge >= 0.3 is 0 Å². The molecular formula is C19H21N3O5S. The van der Waals surface area contributed by atoms with E-state index in [0.29, 0.717) is 24.8 Å². The quantitative estimate of drug-likeness (QED) is 0.586. The molecule has 0 aliphatic carbocycles. The first kappa shape index (κ1) is 19.8. The van der Waals surface area contributed by atoms with Crippen molar-refractivity contribution in [2.45, 2.75) is 25.3 Å². The largest absolute Gasteiger partial charge is 0.494 e. The smallest absolute Gasteiger partial charge is 0.242 e. The van der Waals surface area contributed by atoms with Crippen molar-refractivity contribution >= 4 is 10.0 Å². The molecule has 9 heteroatoms. The minimum atomic E-state index is -3.71. The lowest BCUT2D eigenvalue weighted by Crippen LogP contribution is -2.23. The minimum absolute atomic E-state index is 0.112. The van der Waals surface area contributed by atoms with Gasteiger partial charge in [0.15, 0.2) is 0 Å². The van der Waals surface area contributed by atoms with Gasteiger partial charge < -0.3 is 14.0 Å². The third-order valence-corrected chi connectivity index (χ3v) is 5.17. The summed E-state index contributed by atoms with van der Waals surface area (Å²) in [7, 11) is -3.71. The van der Waals surface area contributed by atoms with Crippen molar-refractivity contribution in [2.75, 3.05) is 13.2 Å². The third kappa shape index (κ3) is 4.87. The van der Waals surface area contributed by atoms with Gasteiger partial charge in [-0.2, -0.15) is 4.98 Å². The van der Waals surface area contributed by atoms with Crippen molar-refractivity contribution in [1.29, 1.82) is 0 Å². The first-order valence-electron chi connectivity index (χ1n) is 8.80. The first-order chi connectivity index (χ1) is 13.5. The molecule has 0 fully saturated rings. The molecule has 0 aliphatic rings. The van der Waals surface area contributed by atoms with E-state index in [9.17, 15) is 8.42 Å². The minimum Gasteiger partial charge on any atom is -0.494 e. The summed E-state index contributed by atoms with van der Waals surface area (Å²) >= 11 is 0. The summed E-state index contributed by atoms with van der Waals surface area (Å²) in [6.07, 6.45) is 0. The van der Waals surface area contributed by atoms with Crippen LogP contribution in [0.5, 0.6) is 11.5 Å². The Kier molecular flexibility index (Phi) is 6.27. The Morgan fingerprint density at radius 2 is 1.50 bits per heavy atom. The highest BCUT2D eigenvalue weighted by atomic mass is 32.2. The van der Waals surface area contributed by atoms with Gasteiger partial charge in [0.2, 0.25) is 21.7 Å². The Balaban J connectivity index is 1.64. The van der Waals surface area contributed by atoms with Crippen LogP contribution in [0.3, 0.4) is 0 Å². The molecule has 0 radical (unpaired) electrons. The molecule has 3 aromatic rings. The molecule has 2 aromatic carbocycles. The third-order valence-electron chi connectivity index (χ3n) is 3.75. The predicted octanol–water partition coefficient (Wildman–Crippen LogP) is 3.01. The monoisotopic (exact) mass is 403 g/mol. The molecule has 1 aromatic heterocycles. The number of hydrogen-bond donors (Lipinski definition) is 1. The van der Waals surface area contributed by atoms with Crippen LogP contribution >= 0.6 is 0 Å². The summed E-state index contributed by atoms with van der Waals surface area (Å²) in [6, 6.07) is 13.4. The Hall–Kier alpha value is -2.91. The summed E-state index contributed by atoms with van der Waals surface area (Å²) < 4.78 is 43.1. The van der Waals surface area contributed by atoms with Gasteiger partial charge in [-0.25, -0.2) is 13.1 Å². The number of nitrogens with one attached hydrogen (secondary N) is 1. The second kappa shape index (κ2) is 8.85. The standard InChI is InChI=1S/C19H21N3O5S/c1-3-25-15-7-5-14(6-8-15)19-21-18(27-22-19)13-20-28(23,24)17-11-9-16(10-12-17)26-4-2/h5-12,20H,3-4,13H2,1-2H3. The van der Waals surface area contributed by atoms with Gasteiger partial charge in [-0.3, -0.25) is 0 Å². The molecule has 0 spiro atoms. The first-order valence-corrected chi connectivity index (χ1v) is 10.3. The zero-order valence-electron chi connectivity index (χ0n) is 15.6. The van der Waals surface area contributed by atoms with Gasteiger partial charge in [-0.05, 0) is 62.4 Å². The van der Waals surface area contributed by atoms with E-state index < -0.39 is 10.0 Å². The molecule has 0 saturated heterocycles. The average molecular weight is 403 g/mol. The second-order valence-corrected chi connectivity index (χ2v) is 7.47. The highest BCUT2D eigenvalue weighted by Gasteiger charge is 2.16. The molecule has 0 saturated carbocycles. The van der Waals surface area contributed by atoms with Crippen molar-refractivity contribution in [3.8, 4) is 22.9 Å². The topological polar surface area (TPSA) is 104 Å². The predicted molar refractivity (Wildman–Crippen MR) is 103 cm³/mol. The highest BCUT2D eigenvalue weighted by Crippen LogP contribution is 2.20. The van der Waals surface area contributed by atoms with Crippen LogP contribution in [0, 0.1) is 0 Å². The Bertz CT molecular complexity index is 999. The van der Waals surface area contributed by atoms with E-state index in [4.69, 9.17) is 14.0 Å². The van der Waals surface area contributed by atoms with Gasteiger partial charge in [-0.15, -0.1) is 0 Å². The fraction of sp³-hybridized carbons (Fsp3) is 0.263. The summed E-state index contributed by atoms with van der Waals surface area (Å²) in [4.78, 5) is 4.35. The normalized spacial score (nSPS) is 11.4. The maximum atomic E-state index is 12.4. The maximum Gasteiger partial charge on any atom is 0.242 e. The number of hydrogen-bond acceptors (Lipinski definition) is 7. The van der Waals surface area contributed by atoms with Crippen molar-refractivity contribution < 1.29 is 22.4 Å². The molecule has 3 rings (SSSR count). The van der Waals surface area contributed by atoms with E-state index in [0.717, 1.165) is 11.3 Å². The summed E-state index contributed by atoms with van der Waals surface area (Å²) in [5.41, 5.74) is 0.743. The molecular weight excluding hydrogens is 382 g/mol. The van der Waals surface area contributed by atoms with Crippen molar-refractivity contribution in [2.24, 2.45) is 0 Å². The van der Waals surface area contributed by atoms with Crippen molar-refractivity contribution in [3.05, 3.63) is 54.4 Å². The summed E-state index contributed by atoms with van der Waals surface area (Å²) in [5, 5.41) is 3.89. The van der Waals surface area contributed by atoms with Crippen LogP contribution in [0.4, 0.5) is 0 Å². The van der Waals surface area contributed by atoms with Gasteiger partial charge in [0.1, 0.15) is 11.5 Å². The number of benzene rings is 2. The zero-order valence-corrected chi connectivity index (χ0v) is 16.4. The molecule has 0 aliphatic heterocycles. The lowest BCUT2D eigenvalue weighted by atomic mass is 10.2. The summed E-state index contributed by atoms with van der Waals surface area (Å²) in [6.45, 7) is 4.75. The lowest BCUT2D eigenvalue weighted by molar-refractivity contribution is 0.340. The number of rotatable bonds is 9. The van der Waals surface area contributed by atoms with Gasteiger partial charge in [0.05, 0.1) is 24.7 Å². The lowest BCUT2D eigenvalue weighted by Gasteiger charge is -2.06. The molecule has 0 unspecified atom stereocenters. The molecule has 28 heavy (non-hydrogen) atoms. The van der Waals surface area contributed by atoms with Crippen LogP contribution in [-0.2, 0) is 16.6 Å². The van der Waals surface area contributed by atoms with Gasteiger partial charge in [0.25, 0.3) is 0 Å². The SMILES string of the molecule is CCOc1ccc(-c2noc(CNS(=O)(=O)c3ccc(OCC)cc3)n2)cc1. The van der Waals surface area contributed by atoms with Crippen LogP contribution in [-0.4, -0.2) is 31.8 Å². The van der Waals surface area contributed by atoms with Crippen LogP contribution < -0.4 is 14.2 Å². The number of aromatic nitrogens is 2. The molecule has 148 valence electrons. The molecule has 8 nitrogen and oxygen atoms in total. The van der Waals surface area contributed by atoms with Crippen LogP contribution in [0.2, 0.25) is 0 Å². The fourth-order valence-corrected chi connectivity index (χ4v) is 3.41. The Morgan fingerprint density at radius 3 is 2.07 bits per heavy atom. The Morgan fingerprint density at radius 1 is 0.929 bits per heavy atom. The molecule has 0 atom stereocenters. The summed E-state index contributed by atoms with van der Waals surface area (Å²) in [5.74, 6) is 1.90. The highest BCUT2D eigenvalue weighted by molar-refractivity contribution is 7.89. The molecule has 0 amide bonds. The second-order valence-electron chi connectivity index (χ2n) is 5.70. The Labute approximate surface area is 163 Å². The van der Waals surface area contributed by atoms with Crippen LogP contribution in [0.1, 0.15) is 19.7 Å². The van der Waals surface area contributed by atoms with E-state index in [2.05, 4.69) is 14.9 Å². The van der Waals surface area contributed by atoms with E-state index >= 15 is 0 Å². The average Bonchev–Trinajstić information content (AvgIpc) is 3.17. The molecule has 1 N–H and O–H groups in total. The van der Waals surface area contributed by atoms with E-state index in [1.165, 1.54) is 12.1 Å². The molecule has 0 bridgehead atoms. The van der Waals surface area contributed by atoms with Crippen molar-refractivity contribution in [1.82, 2.24) is 14.9 Å². The van der Waals surface area contributed by atoms with Crippen LogP contribution in [0.15, 0.2) is 57.9 Å². The molecule has 1 heterocycles. The maximum absolute atomic E-state index is 12.4. The number of nitrogens with zero attached hydrogens (tertiary/aromatic N) is 2. The zero-order chi connectivity index (χ0) is 20.0. The number of ether oxygens (including phenoxy) is 2. The van der Waals surface area contributed by atoms with Gasteiger partial charge in [-0.1, -0.05) is 5.16 Å². The van der Waals surface area contributed by atoms with E-state index in [1.807, 2.05) is 38.1 Å². The van der Waals surface area contributed by atoms with E-state index in [-0.39, 0.29) is 17.3 Å². The van der Waals surface area contributed by atoms with Gasteiger partial charge in [0, 0.05) is 5.56 Å². The van der Waals surface area contributed by atoms with E-state index in [1.54, 1.807) is 12.1 Å². The van der Waals surface area contributed by atoms with Crippen LogP contribution in [0.25, 0.3) is 11.4 Å².